The molecular formula is C13H29ClNO2P. The Morgan fingerprint density at radius 2 is 1.39 bits per heavy atom. The molecule has 18 heavy (non-hydrogen) atoms. The van der Waals surface area contributed by atoms with Gasteiger partial charge in [0.05, 0.1) is 6.61 Å². The summed E-state index contributed by atoms with van der Waals surface area (Å²) in [5.74, 6) is 0. The lowest BCUT2D eigenvalue weighted by Gasteiger charge is -2.09. The van der Waals surface area contributed by atoms with Crippen molar-refractivity contribution in [3.63, 3.8) is 0 Å². The number of halogens is 1. The van der Waals surface area contributed by atoms with Gasteiger partial charge in [-0.1, -0.05) is 64.7 Å². The van der Waals surface area contributed by atoms with E-state index in [0.29, 0.717) is 6.61 Å². The van der Waals surface area contributed by atoms with E-state index in [9.17, 15) is 4.57 Å². The number of nitrogens with two attached hydrogens (primary N) is 1. The Labute approximate surface area is 117 Å². The lowest BCUT2D eigenvalue weighted by Crippen LogP contribution is -2.02. The molecule has 0 aromatic rings. The van der Waals surface area contributed by atoms with Crippen molar-refractivity contribution < 1.29 is 9.09 Å². The molecule has 110 valence electrons. The standard InChI is InChI=1S/C13H29ClNO2P/c1-2-3-4-5-6-7-8-9-10-11-12-17-18(15,16)13-14/h2-13H2,1H3,(H2,15,16). The summed E-state index contributed by atoms with van der Waals surface area (Å²) < 4.78 is 16.3. The molecule has 0 amide bonds. The van der Waals surface area contributed by atoms with Gasteiger partial charge in [-0.25, -0.2) is 0 Å². The summed E-state index contributed by atoms with van der Waals surface area (Å²) in [5, 5.41) is 0. The summed E-state index contributed by atoms with van der Waals surface area (Å²) in [4.78, 5) is 0. The first-order chi connectivity index (χ1) is 8.62. The van der Waals surface area contributed by atoms with Gasteiger partial charge in [0.25, 0.3) is 7.52 Å². The molecule has 0 heterocycles. The molecule has 3 nitrogen and oxygen atoms in total. The second-order valence-electron chi connectivity index (χ2n) is 4.86. The summed E-state index contributed by atoms with van der Waals surface area (Å²) >= 11 is 5.41. The van der Waals surface area contributed by atoms with Crippen molar-refractivity contribution in [2.45, 2.75) is 71.1 Å². The number of rotatable bonds is 13. The van der Waals surface area contributed by atoms with Gasteiger partial charge in [-0.15, -0.1) is 11.6 Å². The Kier molecular flexibility index (Phi) is 12.8. The zero-order valence-electron chi connectivity index (χ0n) is 11.7. The number of unbranched alkanes of at least 4 members (excludes halogenated alkanes) is 9. The second kappa shape index (κ2) is 12.5. The molecule has 0 saturated carbocycles. The van der Waals surface area contributed by atoms with E-state index in [1.165, 1.54) is 51.4 Å². The van der Waals surface area contributed by atoms with Gasteiger partial charge in [0.15, 0.2) is 0 Å². The van der Waals surface area contributed by atoms with Crippen molar-refractivity contribution >= 4 is 19.1 Å². The van der Waals surface area contributed by atoms with E-state index in [1.54, 1.807) is 0 Å². The first-order valence-corrected chi connectivity index (χ1v) is 9.62. The normalized spacial score (nSPS) is 14.6. The maximum Gasteiger partial charge on any atom is 0.281 e. The Morgan fingerprint density at radius 3 is 1.83 bits per heavy atom. The van der Waals surface area contributed by atoms with Gasteiger partial charge < -0.3 is 4.52 Å². The monoisotopic (exact) mass is 297 g/mol. The van der Waals surface area contributed by atoms with Gasteiger partial charge in [0.1, 0.15) is 5.62 Å². The predicted molar refractivity (Wildman–Crippen MR) is 80.3 cm³/mol. The highest BCUT2D eigenvalue weighted by Crippen LogP contribution is 2.38. The maximum atomic E-state index is 11.3. The van der Waals surface area contributed by atoms with Crippen molar-refractivity contribution in [1.29, 1.82) is 0 Å². The van der Waals surface area contributed by atoms with Crippen LogP contribution in [0.2, 0.25) is 0 Å². The van der Waals surface area contributed by atoms with Gasteiger partial charge in [-0.2, -0.15) is 0 Å². The van der Waals surface area contributed by atoms with Crippen LogP contribution < -0.4 is 5.50 Å². The van der Waals surface area contributed by atoms with Crippen LogP contribution in [0.3, 0.4) is 0 Å². The number of hydrogen-bond donors (Lipinski definition) is 1. The van der Waals surface area contributed by atoms with Gasteiger partial charge in [0, 0.05) is 0 Å². The van der Waals surface area contributed by atoms with E-state index in [0.717, 1.165) is 12.8 Å². The molecule has 0 aliphatic carbocycles. The summed E-state index contributed by atoms with van der Waals surface area (Å²) in [7, 11) is -2.99. The highest BCUT2D eigenvalue weighted by Gasteiger charge is 2.13. The molecule has 0 aliphatic heterocycles. The fraction of sp³-hybridized carbons (Fsp3) is 1.00. The zero-order chi connectivity index (χ0) is 13.7. The summed E-state index contributed by atoms with van der Waals surface area (Å²) in [5.41, 5.74) is 5.25. The Bertz CT molecular complexity index is 227. The molecular weight excluding hydrogens is 269 g/mol. The highest BCUT2D eigenvalue weighted by atomic mass is 35.5. The van der Waals surface area contributed by atoms with Gasteiger partial charge in [-0.3, -0.25) is 10.1 Å². The third-order valence-corrected chi connectivity index (χ3v) is 4.93. The highest BCUT2D eigenvalue weighted by molar-refractivity contribution is 7.58. The third kappa shape index (κ3) is 12.9. The Balaban J connectivity index is 3.10. The molecule has 0 spiro atoms. The molecule has 0 radical (unpaired) electrons. The maximum absolute atomic E-state index is 11.3. The van der Waals surface area contributed by atoms with E-state index in [-0.39, 0.29) is 5.62 Å². The van der Waals surface area contributed by atoms with Crippen LogP contribution in [0.15, 0.2) is 0 Å². The minimum absolute atomic E-state index is 0.0925. The van der Waals surface area contributed by atoms with Crippen molar-refractivity contribution in [3.8, 4) is 0 Å². The molecule has 5 heteroatoms. The molecule has 0 aromatic carbocycles. The third-order valence-electron chi connectivity index (χ3n) is 2.97. The molecule has 1 unspecified atom stereocenters. The minimum Gasteiger partial charge on any atom is -0.317 e. The van der Waals surface area contributed by atoms with Crippen LogP contribution in [-0.4, -0.2) is 12.2 Å². The Morgan fingerprint density at radius 1 is 0.944 bits per heavy atom. The van der Waals surface area contributed by atoms with Crippen LogP contribution in [0.5, 0.6) is 0 Å². The van der Waals surface area contributed by atoms with E-state index < -0.39 is 7.52 Å². The van der Waals surface area contributed by atoms with E-state index in [4.69, 9.17) is 21.6 Å². The molecule has 1 atom stereocenters. The van der Waals surface area contributed by atoms with Gasteiger partial charge >= 0.3 is 0 Å². The summed E-state index contributed by atoms with van der Waals surface area (Å²) in [6, 6.07) is 0. The van der Waals surface area contributed by atoms with Crippen molar-refractivity contribution in [1.82, 2.24) is 0 Å². The van der Waals surface area contributed by atoms with Crippen LogP contribution in [-0.2, 0) is 9.09 Å². The SMILES string of the molecule is CCCCCCCCCCCCOP(N)(=O)CCl. The van der Waals surface area contributed by atoms with Crippen LogP contribution >= 0.6 is 19.1 Å². The molecule has 0 aliphatic rings. The molecule has 0 aromatic heterocycles. The van der Waals surface area contributed by atoms with Crippen molar-refractivity contribution in [2.24, 2.45) is 5.50 Å². The summed E-state index contributed by atoms with van der Waals surface area (Å²) in [6.07, 6.45) is 12.7. The lowest BCUT2D eigenvalue weighted by molar-refractivity contribution is 0.304. The van der Waals surface area contributed by atoms with Gasteiger partial charge in [0.2, 0.25) is 0 Å². The Hall–Kier alpha value is 0.440. The largest absolute Gasteiger partial charge is 0.317 e. The average Bonchev–Trinajstić information content (AvgIpc) is 2.36. The van der Waals surface area contributed by atoms with Crippen LogP contribution in [0.4, 0.5) is 0 Å². The van der Waals surface area contributed by atoms with Gasteiger partial charge in [-0.05, 0) is 6.42 Å². The molecule has 0 fully saturated rings. The van der Waals surface area contributed by atoms with Crippen molar-refractivity contribution in [3.05, 3.63) is 0 Å². The first-order valence-electron chi connectivity index (χ1n) is 7.20. The predicted octanol–water partition coefficient (Wildman–Crippen LogP) is 5.27. The summed E-state index contributed by atoms with van der Waals surface area (Å²) in [6.45, 7) is 2.71. The average molecular weight is 298 g/mol. The fourth-order valence-electron chi connectivity index (χ4n) is 1.84. The first kappa shape index (κ1) is 18.4. The molecule has 2 N–H and O–H groups in total. The van der Waals surface area contributed by atoms with Crippen molar-refractivity contribution in [2.75, 3.05) is 12.2 Å². The van der Waals surface area contributed by atoms with Crippen LogP contribution in [0.25, 0.3) is 0 Å². The van der Waals surface area contributed by atoms with E-state index in [2.05, 4.69) is 6.92 Å². The number of hydrogen-bond acceptors (Lipinski definition) is 2. The van der Waals surface area contributed by atoms with Crippen LogP contribution in [0, 0.1) is 0 Å². The fourth-order valence-corrected chi connectivity index (χ4v) is 2.56. The van der Waals surface area contributed by atoms with E-state index >= 15 is 0 Å². The zero-order valence-corrected chi connectivity index (χ0v) is 13.4. The quantitative estimate of drug-likeness (QED) is 0.286. The van der Waals surface area contributed by atoms with Crippen LogP contribution in [0.1, 0.15) is 71.1 Å². The molecule has 0 bridgehead atoms. The van der Waals surface area contributed by atoms with E-state index in [1.807, 2.05) is 0 Å². The molecule has 0 saturated heterocycles. The smallest absolute Gasteiger partial charge is 0.281 e. The number of alkyl halides is 1. The molecule has 0 rings (SSSR count). The minimum atomic E-state index is -2.99. The lowest BCUT2D eigenvalue weighted by atomic mass is 10.1. The second-order valence-corrected chi connectivity index (χ2v) is 7.53. The topological polar surface area (TPSA) is 52.3 Å².